The van der Waals surface area contributed by atoms with E-state index in [-0.39, 0.29) is 12.5 Å². The number of hydrogen-bond donors (Lipinski definition) is 3. The lowest BCUT2D eigenvalue weighted by Gasteiger charge is -2.18. The van der Waals surface area contributed by atoms with Crippen molar-refractivity contribution in [2.45, 2.75) is 97.8 Å². The highest BCUT2D eigenvalue weighted by molar-refractivity contribution is 5.81. The summed E-state index contributed by atoms with van der Waals surface area (Å²) in [6.45, 7) is 7.10. The molecular formula is C22H43N3O2. The monoisotopic (exact) mass is 381 g/mol. The van der Waals surface area contributed by atoms with Gasteiger partial charge in [-0.1, -0.05) is 85.0 Å². The van der Waals surface area contributed by atoms with Gasteiger partial charge in [0.05, 0.1) is 6.54 Å². The second-order valence-corrected chi connectivity index (χ2v) is 8.17. The Hall–Kier alpha value is -1.52. The van der Waals surface area contributed by atoms with Gasteiger partial charge in [0.2, 0.25) is 0 Å². The summed E-state index contributed by atoms with van der Waals surface area (Å²) in [5.74, 6) is 0.553. The standard InChI is InChI=1S/C22H43N3O2/c1-4-5-6-7-8-9-11-19(15-14-18(2)3)12-10-13-20(16-21(26)27)17-25-22(23)24/h16,18-19H,4-15,17H2,1-3H3,(H,26,27)(H4,23,24,25). The number of guanidine groups is 1. The average molecular weight is 382 g/mol. The molecule has 0 fully saturated rings. The summed E-state index contributed by atoms with van der Waals surface area (Å²) in [6.07, 6.45) is 16.0. The first-order valence-electron chi connectivity index (χ1n) is 10.8. The van der Waals surface area contributed by atoms with Crippen LogP contribution in [0.3, 0.4) is 0 Å². The van der Waals surface area contributed by atoms with Crippen LogP contribution in [0.5, 0.6) is 0 Å². The Morgan fingerprint density at radius 2 is 1.59 bits per heavy atom. The van der Waals surface area contributed by atoms with Gasteiger partial charge >= 0.3 is 5.97 Å². The topological polar surface area (TPSA) is 102 Å². The van der Waals surface area contributed by atoms with Crippen LogP contribution in [0.25, 0.3) is 0 Å². The van der Waals surface area contributed by atoms with Crippen LogP contribution in [-0.2, 0) is 4.79 Å². The predicted octanol–water partition coefficient (Wildman–Crippen LogP) is 5.24. The molecule has 0 saturated carbocycles. The second-order valence-electron chi connectivity index (χ2n) is 8.17. The van der Waals surface area contributed by atoms with E-state index in [1.807, 2.05) is 0 Å². The first kappa shape index (κ1) is 25.5. The first-order chi connectivity index (χ1) is 12.8. The summed E-state index contributed by atoms with van der Waals surface area (Å²) in [5.41, 5.74) is 11.5. The molecule has 0 amide bonds. The van der Waals surface area contributed by atoms with Gasteiger partial charge in [0.15, 0.2) is 5.96 Å². The minimum Gasteiger partial charge on any atom is -0.478 e. The number of nitrogens with zero attached hydrogens (tertiary/aromatic N) is 1. The number of hydrogen-bond acceptors (Lipinski definition) is 2. The normalized spacial score (nSPS) is 13.0. The number of unbranched alkanes of at least 4 members (excludes halogenated alkanes) is 5. The van der Waals surface area contributed by atoms with Crippen LogP contribution in [0.15, 0.2) is 16.6 Å². The van der Waals surface area contributed by atoms with Crippen LogP contribution in [0, 0.1) is 11.8 Å². The highest BCUT2D eigenvalue weighted by Crippen LogP contribution is 2.25. The van der Waals surface area contributed by atoms with Crippen molar-refractivity contribution in [3.8, 4) is 0 Å². The first-order valence-corrected chi connectivity index (χ1v) is 10.8. The fourth-order valence-corrected chi connectivity index (χ4v) is 3.40. The van der Waals surface area contributed by atoms with Gasteiger partial charge in [0.1, 0.15) is 0 Å². The van der Waals surface area contributed by atoms with Crippen LogP contribution in [0.4, 0.5) is 0 Å². The van der Waals surface area contributed by atoms with Crippen LogP contribution >= 0.6 is 0 Å². The predicted molar refractivity (Wildman–Crippen MR) is 116 cm³/mol. The number of carboxylic acids is 1. The van der Waals surface area contributed by atoms with Crippen molar-refractivity contribution < 1.29 is 9.90 Å². The smallest absolute Gasteiger partial charge is 0.328 e. The lowest BCUT2D eigenvalue weighted by atomic mass is 9.88. The zero-order chi connectivity index (χ0) is 20.5. The molecule has 5 nitrogen and oxygen atoms in total. The number of carboxylic acid groups (broad SMARTS) is 1. The van der Waals surface area contributed by atoms with Crippen molar-refractivity contribution in [3.05, 3.63) is 11.6 Å². The molecule has 158 valence electrons. The Kier molecular flexibility index (Phi) is 15.7. The van der Waals surface area contributed by atoms with Gasteiger partial charge in [0, 0.05) is 6.08 Å². The van der Waals surface area contributed by atoms with E-state index in [0.29, 0.717) is 0 Å². The molecule has 0 aromatic carbocycles. The van der Waals surface area contributed by atoms with Gasteiger partial charge in [-0.15, -0.1) is 0 Å². The number of carbonyl (C=O) groups is 1. The quantitative estimate of drug-likeness (QED) is 0.139. The van der Waals surface area contributed by atoms with Crippen LogP contribution in [0.2, 0.25) is 0 Å². The summed E-state index contributed by atoms with van der Waals surface area (Å²) in [4.78, 5) is 15.0. The van der Waals surface area contributed by atoms with E-state index < -0.39 is 5.97 Å². The molecule has 5 N–H and O–H groups in total. The summed E-state index contributed by atoms with van der Waals surface area (Å²) < 4.78 is 0. The molecule has 0 aromatic heterocycles. The van der Waals surface area contributed by atoms with E-state index in [9.17, 15) is 4.79 Å². The number of nitrogens with two attached hydrogens (primary N) is 2. The Bertz CT molecular complexity index is 441. The zero-order valence-electron chi connectivity index (χ0n) is 17.9. The van der Waals surface area contributed by atoms with Crippen LogP contribution in [-0.4, -0.2) is 23.6 Å². The summed E-state index contributed by atoms with van der Waals surface area (Å²) in [7, 11) is 0. The van der Waals surface area contributed by atoms with Gasteiger partial charge in [-0.2, -0.15) is 0 Å². The molecular weight excluding hydrogens is 338 g/mol. The van der Waals surface area contributed by atoms with Crippen molar-refractivity contribution in [1.29, 1.82) is 0 Å². The molecule has 0 aliphatic carbocycles. The lowest BCUT2D eigenvalue weighted by molar-refractivity contribution is -0.131. The molecule has 0 aliphatic rings. The minimum atomic E-state index is -0.931. The molecule has 27 heavy (non-hydrogen) atoms. The summed E-state index contributed by atoms with van der Waals surface area (Å²) in [5, 5.41) is 9.02. The Labute approximate surface area is 166 Å². The van der Waals surface area contributed by atoms with Crippen LogP contribution in [0.1, 0.15) is 97.8 Å². The fraction of sp³-hybridized carbons (Fsp3) is 0.818. The Morgan fingerprint density at radius 3 is 2.19 bits per heavy atom. The van der Waals surface area contributed by atoms with Crippen molar-refractivity contribution in [2.75, 3.05) is 6.54 Å². The third kappa shape index (κ3) is 17.6. The molecule has 5 heteroatoms. The largest absolute Gasteiger partial charge is 0.478 e. The van der Waals surface area contributed by atoms with E-state index in [4.69, 9.17) is 16.6 Å². The molecule has 0 aliphatic heterocycles. The number of rotatable bonds is 17. The minimum absolute atomic E-state index is 0.00386. The molecule has 0 saturated heterocycles. The van der Waals surface area contributed by atoms with Crippen molar-refractivity contribution in [1.82, 2.24) is 0 Å². The van der Waals surface area contributed by atoms with E-state index in [0.717, 1.165) is 36.7 Å². The maximum Gasteiger partial charge on any atom is 0.328 e. The fourth-order valence-electron chi connectivity index (χ4n) is 3.40. The maximum atomic E-state index is 11.0. The molecule has 0 bridgehead atoms. The Balaban J connectivity index is 4.40. The van der Waals surface area contributed by atoms with Crippen molar-refractivity contribution in [3.63, 3.8) is 0 Å². The van der Waals surface area contributed by atoms with Gasteiger partial charge in [-0.05, 0) is 30.3 Å². The second kappa shape index (κ2) is 16.6. The molecule has 1 atom stereocenters. The number of aliphatic carboxylic acids is 1. The van der Waals surface area contributed by atoms with E-state index in [2.05, 4.69) is 25.8 Å². The van der Waals surface area contributed by atoms with E-state index >= 15 is 0 Å². The van der Waals surface area contributed by atoms with Gasteiger partial charge in [-0.25, -0.2) is 9.79 Å². The maximum absolute atomic E-state index is 11.0. The Morgan fingerprint density at radius 1 is 0.963 bits per heavy atom. The molecule has 1 unspecified atom stereocenters. The highest BCUT2D eigenvalue weighted by Gasteiger charge is 2.11. The zero-order valence-corrected chi connectivity index (χ0v) is 17.9. The third-order valence-electron chi connectivity index (χ3n) is 5.02. The summed E-state index contributed by atoms with van der Waals surface area (Å²) in [6, 6.07) is 0. The van der Waals surface area contributed by atoms with E-state index in [1.54, 1.807) is 0 Å². The van der Waals surface area contributed by atoms with E-state index in [1.165, 1.54) is 63.9 Å². The summed E-state index contributed by atoms with van der Waals surface area (Å²) >= 11 is 0. The SMILES string of the molecule is CCCCCCCCC(CCCC(=CC(=O)O)CN=C(N)N)CCC(C)C. The number of aliphatic imine (C=N–C) groups is 1. The highest BCUT2D eigenvalue weighted by atomic mass is 16.4. The van der Waals surface area contributed by atoms with Crippen molar-refractivity contribution >= 4 is 11.9 Å². The third-order valence-corrected chi connectivity index (χ3v) is 5.02. The van der Waals surface area contributed by atoms with Gasteiger partial charge < -0.3 is 16.6 Å². The molecule has 0 radical (unpaired) electrons. The molecule has 0 aromatic rings. The lowest BCUT2D eigenvalue weighted by Crippen LogP contribution is -2.23. The van der Waals surface area contributed by atoms with Gasteiger partial charge in [-0.3, -0.25) is 0 Å². The molecule has 0 rings (SSSR count). The average Bonchev–Trinajstić information content (AvgIpc) is 2.59. The molecule has 0 spiro atoms. The van der Waals surface area contributed by atoms with Crippen LogP contribution < -0.4 is 11.5 Å². The molecule has 0 heterocycles. The van der Waals surface area contributed by atoms with Crippen molar-refractivity contribution in [2.24, 2.45) is 28.3 Å². The van der Waals surface area contributed by atoms with Gasteiger partial charge in [0.25, 0.3) is 0 Å².